The molecule has 0 aliphatic rings. The Morgan fingerprint density at radius 1 is 1.33 bits per heavy atom. The molecule has 1 atom stereocenters. The monoisotopic (exact) mass is 209 g/mol. The molecule has 0 radical (unpaired) electrons. The van der Waals surface area contributed by atoms with E-state index in [0.717, 1.165) is 11.4 Å². The van der Waals surface area contributed by atoms with Gasteiger partial charge in [0.05, 0.1) is 17.1 Å². The normalized spacial score (nSPS) is 12.8. The molecule has 3 nitrogen and oxygen atoms in total. The predicted octanol–water partition coefficient (Wildman–Crippen LogP) is 3.41. The molecule has 3 heteroatoms. The first kappa shape index (κ1) is 12.1. The Bertz CT molecular complexity index is 272. The van der Waals surface area contributed by atoms with Gasteiger partial charge in [0, 0.05) is 6.04 Å². The fourth-order valence-electron chi connectivity index (χ4n) is 1.80. The van der Waals surface area contributed by atoms with Gasteiger partial charge in [-0.3, -0.25) is 5.10 Å². The van der Waals surface area contributed by atoms with E-state index in [0.29, 0.717) is 6.04 Å². The maximum Gasteiger partial charge on any atom is 0.0825 e. The van der Waals surface area contributed by atoms with Crippen LogP contribution < -0.4 is 5.32 Å². The largest absolute Gasteiger partial charge is 0.379 e. The van der Waals surface area contributed by atoms with Crippen molar-refractivity contribution < 1.29 is 0 Å². The van der Waals surface area contributed by atoms with Gasteiger partial charge in [-0.25, -0.2) is 0 Å². The Balaban J connectivity index is 2.58. The van der Waals surface area contributed by atoms with Crippen LogP contribution in [0.2, 0.25) is 0 Å². The summed E-state index contributed by atoms with van der Waals surface area (Å²) in [6.45, 7) is 8.58. The molecule has 0 aliphatic heterocycles. The van der Waals surface area contributed by atoms with Gasteiger partial charge >= 0.3 is 0 Å². The summed E-state index contributed by atoms with van der Waals surface area (Å²) in [4.78, 5) is 0. The van der Waals surface area contributed by atoms with Crippen molar-refractivity contribution in [1.82, 2.24) is 10.2 Å². The fraction of sp³-hybridized carbons (Fsp3) is 0.750. The number of aromatic nitrogens is 2. The Kier molecular flexibility index (Phi) is 4.66. The van der Waals surface area contributed by atoms with E-state index in [-0.39, 0.29) is 0 Å². The van der Waals surface area contributed by atoms with Crippen molar-refractivity contribution in [2.75, 3.05) is 5.32 Å². The average molecular weight is 209 g/mol. The Morgan fingerprint density at radius 3 is 2.53 bits per heavy atom. The van der Waals surface area contributed by atoms with Crippen LogP contribution in [0.1, 0.15) is 50.9 Å². The van der Waals surface area contributed by atoms with Crippen molar-refractivity contribution in [3.8, 4) is 0 Å². The first-order valence-electron chi connectivity index (χ1n) is 5.97. The van der Waals surface area contributed by atoms with Crippen LogP contribution in [0.15, 0.2) is 0 Å². The maximum absolute atomic E-state index is 4.20. The van der Waals surface area contributed by atoms with Crippen molar-refractivity contribution in [3.05, 3.63) is 11.4 Å². The van der Waals surface area contributed by atoms with E-state index >= 15 is 0 Å². The predicted molar refractivity (Wildman–Crippen MR) is 65.3 cm³/mol. The molecular formula is C12H23N3. The molecule has 1 rings (SSSR count). The second-order valence-electron chi connectivity index (χ2n) is 4.20. The van der Waals surface area contributed by atoms with Crippen molar-refractivity contribution in [2.24, 2.45) is 0 Å². The lowest BCUT2D eigenvalue weighted by Crippen LogP contribution is -2.18. The minimum Gasteiger partial charge on any atom is -0.379 e. The van der Waals surface area contributed by atoms with E-state index in [1.54, 1.807) is 0 Å². The molecule has 0 saturated carbocycles. The summed E-state index contributed by atoms with van der Waals surface area (Å²) in [7, 11) is 0. The van der Waals surface area contributed by atoms with E-state index in [1.807, 2.05) is 6.92 Å². The topological polar surface area (TPSA) is 40.7 Å². The van der Waals surface area contributed by atoms with Gasteiger partial charge in [-0.2, -0.15) is 5.10 Å². The molecule has 1 aromatic rings. The molecule has 0 saturated heterocycles. The van der Waals surface area contributed by atoms with Gasteiger partial charge in [0.2, 0.25) is 0 Å². The zero-order valence-electron chi connectivity index (χ0n) is 10.4. The number of aryl methyl sites for hydroxylation is 2. The number of hydrogen-bond acceptors (Lipinski definition) is 2. The first-order chi connectivity index (χ1) is 7.19. The molecule has 0 aliphatic carbocycles. The van der Waals surface area contributed by atoms with Gasteiger partial charge in [-0.15, -0.1) is 0 Å². The van der Waals surface area contributed by atoms with E-state index in [1.165, 1.54) is 31.4 Å². The number of rotatable bonds is 6. The minimum absolute atomic E-state index is 0.583. The van der Waals surface area contributed by atoms with Crippen LogP contribution in [0.5, 0.6) is 0 Å². The summed E-state index contributed by atoms with van der Waals surface area (Å²) in [5.41, 5.74) is 3.41. The Hall–Kier alpha value is -0.990. The molecule has 0 fully saturated rings. The van der Waals surface area contributed by atoms with E-state index in [2.05, 4.69) is 36.3 Å². The van der Waals surface area contributed by atoms with Crippen LogP contribution in [-0.4, -0.2) is 16.2 Å². The number of aromatic amines is 1. The smallest absolute Gasteiger partial charge is 0.0825 e. The SMILES string of the molecule is CCCCC(CC)Nc1c(C)n[nH]c1C. The summed E-state index contributed by atoms with van der Waals surface area (Å²) in [5, 5.41) is 10.8. The molecule has 0 bridgehead atoms. The van der Waals surface area contributed by atoms with Crippen LogP contribution in [0.25, 0.3) is 0 Å². The maximum atomic E-state index is 4.20. The molecular weight excluding hydrogens is 186 g/mol. The molecule has 0 spiro atoms. The third kappa shape index (κ3) is 3.26. The first-order valence-corrected chi connectivity index (χ1v) is 5.97. The molecule has 1 aromatic heterocycles. The van der Waals surface area contributed by atoms with Crippen LogP contribution >= 0.6 is 0 Å². The molecule has 86 valence electrons. The second-order valence-corrected chi connectivity index (χ2v) is 4.20. The van der Waals surface area contributed by atoms with Crippen molar-refractivity contribution in [3.63, 3.8) is 0 Å². The van der Waals surface area contributed by atoms with Crippen molar-refractivity contribution in [1.29, 1.82) is 0 Å². The summed E-state index contributed by atoms with van der Waals surface area (Å²) in [5.74, 6) is 0. The third-order valence-electron chi connectivity index (χ3n) is 2.88. The number of nitrogens with zero attached hydrogens (tertiary/aromatic N) is 1. The number of anilines is 1. The lowest BCUT2D eigenvalue weighted by atomic mass is 10.1. The van der Waals surface area contributed by atoms with Crippen LogP contribution in [0, 0.1) is 13.8 Å². The summed E-state index contributed by atoms with van der Waals surface area (Å²) < 4.78 is 0. The quantitative estimate of drug-likeness (QED) is 0.753. The Labute approximate surface area is 92.7 Å². The summed E-state index contributed by atoms with van der Waals surface area (Å²) in [6, 6.07) is 0.583. The van der Waals surface area contributed by atoms with Crippen molar-refractivity contribution >= 4 is 5.69 Å². The molecule has 1 unspecified atom stereocenters. The molecule has 0 aromatic carbocycles. The number of H-pyrrole nitrogens is 1. The van der Waals surface area contributed by atoms with Gasteiger partial charge in [0.15, 0.2) is 0 Å². The van der Waals surface area contributed by atoms with Gasteiger partial charge in [-0.05, 0) is 26.7 Å². The highest BCUT2D eigenvalue weighted by Gasteiger charge is 2.10. The third-order valence-corrected chi connectivity index (χ3v) is 2.88. The van der Waals surface area contributed by atoms with E-state index in [4.69, 9.17) is 0 Å². The van der Waals surface area contributed by atoms with Gasteiger partial charge in [-0.1, -0.05) is 26.7 Å². The molecule has 15 heavy (non-hydrogen) atoms. The highest BCUT2D eigenvalue weighted by molar-refractivity contribution is 5.51. The molecule has 2 N–H and O–H groups in total. The lowest BCUT2D eigenvalue weighted by molar-refractivity contribution is 0.593. The minimum atomic E-state index is 0.583. The lowest BCUT2D eigenvalue weighted by Gasteiger charge is -2.18. The second kappa shape index (κ2) is 5.79. The zero-order valence-corrected chi connectivity index (χ0v) is 10.4. The van der Waals surface area contributed by atoms with Crippen LogP contribution in [0.4, 0.5) is 5.69 Å². The van der Waals surface area contributed by atoms with Gasteiger partial charge in [0.1, 0.15) is 0 Å². The standard InChI is InChI=1S/C12H23N3/c1-5-7-8-11(6-2)13-12-9(3)14-15-10(12)4/h11,13H,5-8H2,1-4H3,(H,14,15). The average Bonchev–Trinajstić information content (AvgIpc) is 2.55. The van der Waals surface area contributed by atoms with E-state index in [9.17, 15) is 0 Å². The van der Waals surface area contributed by atoms with Gasteiger partial charge < -0.3 is 5.32 Å². The zero-order chi connectivity index (χ0) is 11.3. The Morgan fingerprint density at radius 2 is 2.07 bits per heavy atom. The number of hydrogen-bond donors (Lipinski definition) is 2. The number of nitrogens with one attached hydrogen (secondary N) is 2. The fourth-order valence-corrected chi connectivity index (χ4v) is 1.80. The summed E-state index contributed by atoms with van der Waals surface area (Å²) in [6.07, 6.45) is 4.98. The van der Waals surface area contributed by atoms with Crippen molar-refractivity contribution in [2.45, 2.75) is 59.4 Å². The van der Waals surface area contributed by atoms with E-state index < -0.39 is 0 Å². The van der Waals surface area contributed by atoms with Crippen LogP contribution in [0.3, 0.4) is 0 Å². The van der Waals surface area contributed by atoms with Crippen LogP contribution in [-0.2, 0) is 0 Å². The molecule has 1 heterocycles. The highest BCUT2D eigenvalue weighted by atomic mass is 15.2. The number of unbranched alkanes of at least 4 members (excludes halogenated alkanes) is 1. The summed E-state index contributed by atoms with van der Waals surface area (Å²) >= 11 is 0. The van der Waals surface area contributed by atoms with Gasteiger partial charge in [0.25, 0.3) is 0 Å². The highest BCUT2D eigenvalue weighted by Crippen LogP contribution is 2.19. The molecule has 0 amide bonds.